The predicted molar refractivity (Wildman–Crippen MR) is 105 cm³/mol. The second-order valence-corrected chi connectivity index (χ2v) is 7.72. The number of benzene rings is 2. The summed E-state index contributed by atoms with van der Waals surface area (Å²) in [4.78, 5) is 13.9. The van der Waals surface area contributed by atoms with Crippen LogP contribution in [0.2, 0.25) is 0 Å². The largest absolute Gasteiger partial charge is 0.507 e. The summed E-state index contributed by atoms with van der Waals surface area (Å²) in [7, 11) is 0. The van der Waals surface area contributed by atoms with E-state index >= 15 is 0 Å². The number of rotatable bonds is 6. The summed E-state index contributed by atoms with van der Waals surface area (Å²) in [5.74, 6) is -0.740. The van der Waals surface area contributed by atoms with Crippen LogP contribution in [0.5, 0.6) is 5.75 Å². The number of hydrogen-bond donors (Lipinski definition) is 2. The van der Waals surface area contributed by atoms with Gasteiger partial charge in [-0.25, -0.2) is 0 Å². The third kappa shape index (κ3) is 4.31. The molecule has 1 amide bonds. The highest BCUT2D eigenvalue weighted by Crippen LogP contribution is 2.38. The summed E-state index contributed by atoms with van der Waals surface area (Å²) in [6, 6.07) is 15.8. The molecule has 0 spiro atoms. The zero-order chi connectivity index (χ0) is 19.6. The smallest absolute Gasteiger partial charge is 0.252 e. The lowest BCUT2D eigenvalue weighted by Gasteiger charge is -2.35. The Balaban J connectivity index is 1.71. The van der Waals surface area contributed by atoms with Crippen LogP contribution in [0, 0.1) is 0 Å². The van der Waals surface area contributed by atoms with E-state index in [4.69, 9.17) is 10.5 Å². The molecule has 0 radical (unpaired) electrons. The highest BCUT2D eigenvalue weighted by Gasteiger charge is 2.42. The van der Waals surface area contributed by atoms with Gasteiger partial charge in [0, 0.05) is 12.6 Å². The van der Waals surface area contributed by atoms with Gasteiger partial charge >= 0.3 is 0 Å². The van der Waals surface area contributed by atoms with Crippen molar-refractivity contribution in [3.05, 3.63) is 65.2 Å². The summed E-state index contributed by atoms with van der Waals surface area (Å²) in [5.41, 5.74) is 7.26. The molecule has 1 fully saturated rings. The van der Waals surface area contributed by atoms with E-state index in [-0.39, 0.29) is 17.4 Å². The standard InChI is InChI=1S/C22H28N2O3/c1-15(9-10-16-7-5-4-6-8-16)24-14-20(27-22(24,2)3)17-11-12-19(25)18(13-17)21(23)26/h4-8,11-13,15,20,25H,9-10,14H2,1-3H3,(H2,23,26)/t15?,20-/m0/s1. The molecule has 3 N–H and O–H groups in total. The molecule has 27 heavy (non-hydrogen) atoms. The van der Waals surface area contributed by atoms with Crippen molar-refractivity contribution >= 4 is 5.91 Å². The fraction of sp³-hybridized carbons (Fsp3) is 0.409. The molecule has 0 aromatic heterocycles. The molecule has 5 nitrogen and oxygen atoms in total. The molecule has 2 aromatic carbocycles. The Morgan fingerprint density at radius 2 is 2.00 bits per heavy atom. The Morgan fingerprint density at radius 3 is 2.67 bits per heavy atom. The highest BCUT2D eigenvalue weighted by molar-refractivity contribution is 5.95. The first-order chi connectivity index (χ1) is 12.8. The van der Waals surface area contributed by atoms with E-state index in [0.29, 0.717) is 6.04 Å². The van der Waals surface area contributed by atoms with E-state index in [0.717, 1.165) is 24.9 Å². The van der Waals surface area contributed by atoms with Gasteiger partial charge in [-0.1, -0.05) is 36.4 Å². The van der Waals surface area contributed by atoms with Crippen molar-refractivity contribution < 1.29 is 14.6 Å². The number of aryl methyl sites for hydroxylation is 1. The average molecular weight is 368 g/mol. The van der Waals surface area contributed by atoms with Gasteiger partial charge < -0.3 is 15.6 Å². The molecule has 1 unspecified atom stereocenters. The first-order valence-electron chi connectivity index (χ1n) is 9.39. The van der Waals surface area contributed by atoms with Crippen molar-refractivity contribution in [3.8, 4) is 5.75 Å². The highest BCUT2D eigenvalue weighted by atomic mass is 16.5. The number of hydrogen-bond acceptors (Lipinski definition) is 4. The minimum atomic E-state index is -0.639. The van der Waals surface area contributed by atoms with Crippen LogP contribution in [0.3, 0.4) is 0 Å². The van der Waals surface area contributed by atoms with Crippen LogP contribution in [-0.4, -0.2) is 34.2 Å². The summed E-state index contributed by atoms with van der Waals surface area (Å²) in [6.45, 7) is 7.09. The minimum Gasteiger partial charge on any atom is -0.507 e. The first kappa shape index (κ1) is 19.4. The molecular formula is C22H28N2O3. The number of amides is 1. The van der Waals surface area contributed by atoms with E-state index in [1.807, 2.05) is 6.07 Å². The minimum absolute atomic E-state index is 0.100. The van der Waals surface area contributed by atoms with Crippen molar-refractivity contribution in [2.24, 2.45) is 5.73 Å². The van der Waals surface area contributed by atoms with Crippen molar-refractivity contribution in [2.75, 3.05) is 6.54 Å². The van der Waals surface area contributed by atoms with Gasteiger partial charge in [0.15, 0.2) is 0 Å². The SMILES string of the molecule is CC(CCc1ccccc1)N1C[C@@H](c2ccc(O)c(C(N)=O)c2)OC1(C)C. The molecule has 0 aliphatic carbocycles. The van der Waals surface area contributed by atoms with Gasteiger partial charge in [-0.3, -0.25) is 9.69 Å². The number of carbonyl (C=O) groups is 1. The molecule has 1 heterocycles. The third-order valence-electron chi connectivity index (χ3n) is 5.37. The van der Waals surface area contributed by atoms with Gasteiger partial charge in [-0.05, 0) is 56.9 Å². The van der Waals surface area contributed by atoms with Gasteiger partial charge in [0.1, 0.15) is 11.5 Å². The van der Waals surface area contributed by atoms with Gasteiger partial charge in [0.2, 0.25) is 0 Å². The van der Waals surface area contributed by atoms with Crippen LogP contribution < -0.4 is 5.73 Å². The average Bonchev–Trinajstić information content (AvgIpc) is 2.96. The molecule has 0 saturated carbocycles. The fourth-order valence-corrected chi connectivity index (χ4v) is 3.86. The molecular weight excluding hydrogens is 340 g/mol. The molecule has 1 saturated heterocycles. The summed E-state index contributed by atoms with van der Waals surface area (Å²) < 4.78 is 6.29. The van der Waals surface area contributed by atoms with E-state index in [2.05, 4.69) is 49.9 Å². The molecule has 144 valence electrons. The summed E-state index contributed by atoms with van der Waals surface area (Å²) in [5, 5.41) is 9.82. The topological polar surface area (TPSA) is 75.8 Å². The molecule has 5 heteroatoms. The summed E-state index contributed by atoms with van der Waals surface area (Å²) in [6.07, 6.45) is 1.88. The lowest BCUT2D eigenvalue weighted by Crippen LogP contribution is -2.45. The van der Waals surface area contributed by atoms with Crippen LogP contribution in [0.25, 0.3) is 0 Å². The maximum atomic E-state index is 11.5. The summed E-state index contributed by atoms with van der Waals surface area (Å²) >= 11 is 0. The van der Waals surface area contributed by atoms with Gasteiger partial charge in [-0.2, -0.15) is 0 Å². The van der Waals surface area contributed by atoms with E-state index < -0.39 is 11.6 Å². The molecule has 1 aliphatic rings. The Kier molecular flexibility index (Phi) is 5.53. The van der Waals surface area contributed by atoms with Gasteiger partial charge in [0.25, 0.3) is 5.91 Å². The maximum absolute atomic E-state index is 11.5. The molecule has 0 bridgehead atoms. The number of primary amides is 1. The second kappa shape index (κ2) is 7.71. The van der Waals surface area contributed by atoms with E-state index in [1.54, 1.807) is 12.1 Å². The quantitative estimate of drug-likeness (QED) is 0.816. The molecule has 2 atom stereocenters. The molecule has 3 rings (SSSR count). The van der Waals surface area contributed by atoms with Crippen LogP contribution in [-0.2, 0) is 11.2 Å². The number of nitrogens with zero attached hydrogens (tertiary/aromatic N) is 1. The molecule has 2 aromatic rings. The van der Waals surface area contributed by atoms with Crippen LogP contribution in [0.4, 0.5) is 0 Å². The Labute approximate surface area is 160 Å². The van der Waals surface area contributed by atoms with Crippen molar-refractivity contribution in [3.63, 3.8) is 0 Å². The van der Waals surface area contributed by atoms with Crippen LogP contribution in [0.15, 0.2) is 48.5 Å². The van der Waals surface area contributed by atoms with Gasteiger partial charge in [0.05, 0.1) is 11.7 Å². The van der Waals surface area contributed by atoms with E-state index in [1.165, 1.54) is 11.6 Å². The van der Waals surface area contributed by atoms with Crippen LogP contribution >= 0.6 is 0 Å². The number of nitrogens with two attached hydrogens (primary N) is 1. The third-order valence-corrected chi connectivity index (χ3v) is 5.37. The zero-order valence-corrected chi connectivity index (χ0v) is 16.2. The molecule has 1 aliphatic heterocycles. The number of carbonyl (C=O) groups excluding carboxylic acids is 1. The Morgan fingerprint density at radius 1 is 1.30 bits per heavy atom. The van der Waals surface area contributed by atoms with Crippen LogP contribution in [0.1, 0.15) is 54.8 Å². The van der Waals surface area contributed by atoms with E-state index in [9.17, 15) is 9.90 Å². The van der Waals surface area contributed by atoms with Gasteiger partial charge in [-0.15, -0.1) is 0 Å². The number of phenols is 1. The first-order valence-corrected chi connectivity index (χ1v) is 9.39. The number of aromatic hydroxyl groups is 1. The monoisotopic (exact) mass is 368 g/mol. The van der Waals surface area contributed by atoms with Crippen molar-refractivity contribution in [2.45, 2.75) is 51.5 Å². The normalized spacial score (nSPS) is 20.5. The second-order valence-electron chi connectivity index (χ2n) is 7.72. The Hall–Kier alpha value is -2.37. The Bertz CT molecular complexity index is 804. The lowest BCUT2D eigenvalue weighted by molar-refractivity contribution is -0.0883. The maximum Gasteiger partial charge on any atom is 0.252 e. The predicted octanol–water partition coefficient (Wildman–Crippen LogP) is 3.62. The van der Waals surface area contributed by atoms with Crippen molar-refractivity contribution in [1.29, 1.82) is 0 Å². The zero-order valence-electron chi connectivity index (χ0n) is 16.2. The van der Waals surface area contributed by atoms with Crippen molar-refractivity contribution in [1.82, 2.24) is 4.90 Å². The lowest BCUT2D eigenvalue weighted by atomic mass is 10.0. The fourth-order valence-electron chi connectivity index (χ4n) is 3.86. The number of ether oxygens (including phenoxy) is 1.